The summed E-state index contributed by atoms with van der Waals surface area (Å²) in [4.78, 5) is 0. The fourth-order valence-corrected chi connectivity index (χ4v) is 4.04. The average molecular weight is 353 g/mol. The highest BCUT2D eigenvalue weighted by Gasteiger charge is 2.44. The van der Waals surface area contributed by atoms with E-state index < -0.39 is 5.79 Å². The van der Waals surface area contributed by atoms with Crippen molar-refractivity contribution in [1.29, 1.82) is 0 Å². The first-order chi connectivity index (χ1) is 10.2. The Labute approximate surface area is 136 Å². The van der Waals surface area contributed by atoms with E-state index in [9.17, 15) is 0 Å². The van der Waals surface area contributed by atoms with Crippen LogP contribution in [0, 0.1) is 5.92 Å². The van der Waals surface area contributed by atoms with Gasteiger partial charge in [0.25, 0.3) is 5.79 Å². The SMILES string of the molecule is CC1(C2CCCCCCCCC2)Oc2cccc(Br)c2O1. The van der Waals surface area contributed by atoms with Gasteiger partial charge in [-0.15, -0.1) is 0 Å². The first-order valence-electron chi connectivity index (χ1n) is 8.35. The lowest BCUT2D eigenvalue weighted by Gasteiger charge is -2.33. The normalized spacial score (nSPS) is 27.5. The fraction of sp³-hybridized carbons (Fsp3) is 0.667. The van der Waals surface area contributed by atoms with Gasteiger partial charge in [0.05, 0.1) is 4.47 Å². The zero-order valence-electron chi connectivity index (χ0n) is 12.9. The lowest BCUT2D eigenvalue weighted by molar-refractivity contribution is -0.116. The second-order valence-corrected chi connectivity index (χ2v) is 7.39. The highest BCUT2D eigenvalue weighted by Crippen LogP contribution is 2.48. The monoisotopic (exact) mass is 352 g/mol. The van der Waals surface area contributed by atoms with Crippen LogP contribution in [-0.2, 0) is 0 Å². The van der Waals surface area contributed by atoms with Gasteiger partial charge < -0.3 is 9.47 Å². The molecule has 0 N–H and O–H groups in total. The largest absolute Gasteiger partial charge is 0.448 e. The Morgan fingerprint density at radius 3 is 2.19 bits per heavy atom. The number of halogens is 1. The summed E-state index contributed by atoms with van der Waals surface area (Å²) >= 11 is 3.57. The van der Waals surface area contributed by atoms with E-state index >= 15 is 0 Å². The highest BCUT2D eigenvalue weighted by atomic mass is 79.9. The lowest BCUT2D eigenvalue weighted by atomic mass is 9.86. The van der Waals surface area contributed by atoms with Crippen molar-refractivity contribution >= 4 is 15.9 Å². The summed E-state index contributed by atoms with van der Waals surface area (Å²) in [6, 6.07) is 6.03. The second-order valence-electron chi connectivity index (χ2n) is 6.54. The second kappa shape index (κ2) is 6.60. The van der Waals surface area contributed by atoms with Crippen molar-refractivity contribution in [3.8, 4) is 11.5 Å². The van der Waals surface area contributed by atoms with Gasteiger partial charge in [-0.1, -0.05) is 51.0 Å². The van der Waals surface area contributed by atoms with Crippen LogP contribution in [0.15, 0.2) is 22.7 Å². The molecule has 3 rings (SSSR count). The number of benzene rings is 1. The summed E-state index contributed by atoms with van der Waals surface area (Å²) in [6.45, 7) is 2.12. The van der Waals surface area contributed by atoms with Crippen LogP contribution in [0.25, 0.3) is 0 Å². The molecular weight excluding hydrogens is 328 g/mol. The van der Waals surface area contributed by atoms with E-state index in [-0.39, 0.29) is 0 Å². The maximum absolute atomic E-state index is 6.26. The smallest absolute Gasteiger partial charge is 0.251 e. The van der Waals surface area contributed by atoms with E-state index in [1.54, 1.807) is 0 Å². The quantitative estimate of drug-likeness (QED) is 0.609. The molecule has 1 aliphatic carbocycles. The molecule has 1 aromatic carbocycles. The molecule has 0 saturated heterocycles. The van der Waals surface area contributed by atoms with Gasteiger partial charge in [-0.25, -0.2) is 0 Å². The molecule has 3 heteroatoms. The number of hydrogen-bond donors (Lipinski definition) is 0. The van der Waals surface area contributed by atoms with Gasteiger partial charge >= 0.3 is 0 Å². The van der Waals surface area contributed by atoms with Gasteiger partial charge in [-0.3, -0.25) is 0 Å². The van der Waals surface area contributed by atoms with E-state index in [1.165, 1.54) is 57.8 Å². The van der Waals surface area contributed by atoms with E-state index in [1.807, 2.05) is 18.2 Å². The maximum Gasteiger partial charge on any atom is 0.251 e. The summed E-state index contributed by atoms with van der Waals surface area (Å²) < 4.78 is 13.5. The van der Waals surface area contributed by atoms with Gasteiger partial charge in [0.1, 0.15) is 0 Å². The molecule has 1 aromatic rings. The summed E-state index contributed by atoms with van der Waals surface area (Å²) in [6.07, 6.45) is 11.9. The minimum Gasteiger partial charge on any atom is -0.448 e. The van der Waals surface area contributed by atoms with Crippen LogP contribution in [0.3, 0.4) is 0 Å². The van der Waals surface area contributed by atoms with Crippen molar-refractivity contribution in [2.75, 3.05) is 0 Å². The number of para-hydroxylation sites is 1. The fourth-order valence-electron chi connectivity index (χ4n) is 3.61. The molecule has 1 heterocycles. The Bertz CT molecular complexity index is 478. The number of ether oxygens (including phenoxy) is 2. The average Bonchev–Trinajstić information content (AvgIpc) is 2.84. The molecule has 2 aliphatic rings. The predicted molar refractivity (Wildman–Crippen MR) is 88.8 cm³/mol. The molecule has 0 radical (unpaired) electrons. The zero-order chi connectivity index (χ0) is 14.7. The first-order valence-corrected chi connectivity index (χ1v) is 9.15. The van der Waals surface area contributed by atoms with Gasteiger partial charge in [0.2, 0.25) is 0 Å². The van der Waals surface area contributed by atoms with E-state index in [0.717, 1.165) is 16.0 Å². The molecule has 0 spiro atoms. The van der Waals surface area contributed by atoms with Crippen molar-refractivity contribution in [1.82, 2.24) is 0 Å². The van der Waals surface area contributed by atoms with E-state index in [2.05, 4.69) is 22.9 Å². The minimum atomic E-state index is -0.495. The van der Waals surface area contributed by atoms with Crippen LogP contribution in [0.2, 0.25) is 0 Å². The molecular formula is C18H25BrO2. The molecule has 1 aliphatic heterocycles. The topological polar surface area (TPSA) is 18.5 Å². The highest BCUT2D eigenvalue weighted by molar-refractivity contribution is 9.10. The van der Waals surface area contributed by atoms with Crippen molar-refractivity contribution in [2.45, 2.75) is 70.5 Å². The van der Waals surface area contributed by atoms with Crippen molar-refractivity contribution < 1.29 is 9.47 Å². The Hall–Kier alpha value is -0.700. The standard InChI is InChI=1S/C18H25BrO2/c1-18(14-10-7-5-3-2-4-6-8-11-14)20-16-13-9-12-15(19)17(16)21-18/h9,12-14H,2-8,10-11H2,1H3. The molecule has 1 fully saturated rings. The Morgan fingerprint density at radius 1 is 0.952 bits per heavy atom. The molecule has 1 saturated carbocycles. The molecule has 1 atom stereocenters. The lowest BCUT2D eigenvalue weighted by Crippen LogP contribution is -2.43. The molecule has 2 nitrogen and oxygen atoms in total. The number of fused-ring (bicyclic) bond motifs is 1. The molecule has 0 bridgehead atoms. The Morgan fingerprint density at radius 2 is 1.57 bits per heavy atom. The van der Waals surface area contributed by atoms with Crippen LogP contribution >= 0.6 is 15.9 Å². The number of hydrogen-bond acceptors (Lipinski definition) is 2. The third kappa shape index (κ3) is 3.39. The van der Waals surface area contributed by atoms with Crippen molar-refractivity contribution in [3.63, 3.8) is 0 Å². The van der Waals surface area contributed by atoms with Gasteiger partial charge in [0, 0.05) is 12.8 Å². The van der Waals surface area contributed by atoms with Crippen molar-refractivity contribution in [3.05, 3.63) is 22.7 Å². The number of rotatable bonds is 1. The summed E-state index contributed by atoms with van der Waals surface area (Å²) in [5.74, 6) is 1.74. The minimum absolute atomic E-state index is 0.481. The third-order valence-electron chi connectivity index (χ3n) is 4.89. The molecule has 0 aromatic heterocycles. The van der Waals surface area contributed by atoms with Crippen LogP contribution in [0.5, 0.6) is 11.5 Å². The Kier molecular flexibility index (Phi) is 4.78. The molecule has 21 heavy (non-hydrogen) atoms. The van der Waals surface area contributed by atoms with Gasteiger partial charge in [-0.05, 0) is 40.9 Å². The summed E-state index contributed by atoms with van der Waals surface area (Å²) in [5.41, 5.74) is 0. The summed E-state index contributed by atoms with van der Waals surface area (Å²) in [5, 5.41) is 0. The van der Waals surface area contributed by atoms with Gasteiger partial charge in [-0.2, -0.15) is 0 Å². The predicted octanol–water partition coefficient (Wildman–Crippen LogP) is 6.08. The van der Waals surface area contributed by atoms with Crippen molar-refractivity contribution in [2.24, 2.45) is 5.92 Å². The van der Waals surface area contributed by atoms with E-state index in [4.69, 9.17) is 9.47 Å². The molecule has 116 valence electrons. The summed E-state index contributed by atoms with van der Waals surface area (Å²) in [7, 11) is 0. The molecule has 0 amide bonds. The maximum atomic E-state index is 6.26. The van der Waals surface area contributed by atoms with E-state index in [0.29, 0.717) is 5.92 Å². The Balaban J connectivity index is 1.73. The first kappa shape index (κ1) is 15.2. The van der Waals surface area contributed by atoms with Crippen LogP contribution in [0.1, 0.15) is 64.7 Å². The zero-order valence-corrected chi connectivity index (χ0v) is 14.5. The van der Waals surface area contributed by atoms with Gasteiger partial charge in [0.15, 0.2) is 11.5 Å². The van der Waals surface area contributed by atoms with Crippen LogP contribution < -0.4 is 9.47 Å². The molecule has 1 unspecified atom stereocenters. The van der Waals surface area contributed by atoms with Crippen LogP contribution in [-0.4, -0.2) is 5.79 Å². The van der Waals surface area contributed by atoms with Crippen LogP contribution in [0.4, 0.5) is 0 Å². The third-order valence-corrected chi connectivity index (χ3v) is 5.52.